The van der Waals surface area contributed by atoms with Crippen LogP contribution in [0.2, 0.25) is 0 Å². The second-order valence-electron chi connectivity index (χ2n) is 7.80. The maximum atomic E-state index is 12.7. The lowest BCUT2D eigenvalue weighted by molar-refractivity contribution is -0.122. The smallest absolute Gasteiger partial charge is 0.240 e. The van der Waals surface area contributed by atoms with Gasteiger partial charge in [-0.3, -0.25) is 9.79 Å². The third-order valence-electron chi connectivity index (χ3n) is 3.91. The molecule has 0 bridgehead atoms. The number of hydrogen-bond donors (Lipinski definition) is 2. The van der Waals surface area contributed by atoms with Crippen LogP contribution in [-0.4, -0.2) is 62.7 Å². The van der Waals surface area contributed by atoms with Crippen molar-refractivity contribution < 1.29 is 13.2 Å². The summed E-state index contributed by atoms with van der Waals surface area (Å²) in [6.07, 6.45) is 0.608. The molecule has 2 N–H and O–H groups in total. The van der Waals surface area contributed by atoms with Crippen molar-refractivity contribution in [1.82, 2.24) is 15.5 Å². The highest BCUT2D eigenvalue weighted by molar-refractivity contribution is 14.0. The molecule has 1 amide bonds. The second kappa shape index (κ2) is 12.4. The van der Waals surface area contributed by atoms with Crippen LogP contribution in [0.4, 0.5) is 0 Å². The number of likely N-dealkylation sites (N-methyl/N-ethyl adjacent to an activating group) is 1. The van der Waals surface area contributed by atoms with Gasteiger partial charge in [-0.1, -0.05) is 25.1 Å². The summed E-state index contributed by atoms with van der Waals surface area (Å²) >= 11 is 0. The van der Waals surface area contributed by atoms with Crippen LogP contribution in [0.3, 0.4) is 0 Å². The Bertz CT molecular complexity index is 762. The van der Waals surface area contributed by atoms with E-state index < -0.39 is 9.84 Å². The first-order chi connectivity index (χ1) is 13.0. The molecule has 1 atom stereocenters. The van der Waals surface area contributed by atoms with Crippen molar-refractivity contribution in [3.8, 4) is 0 Å². The summed E-state index contributed by atoms with van der Waals surface area (Å²) in [5.41, 5.74) is -0.316. The minimum atomic E-state index is -3.42. The molecule has 0 aromatic heterocycles. The Morgan fingerprint density at radius 2 is 1.76 bits per heavy atom. The van der Waals surface area contributed by atoms with E-state index in [2.05, 4.69) is 15.6 Å². The first kappa shape index (κ1) is 27.6. The number of nitrogens with one attached hydrogen (secondary N) is 2. The van der Waals surface area contributed by atoms with Crippen LogP contribution < -0.4 is 10.6 Å². The Morgan fingerprint density at radius 3 is 2.24 bits per heavy atom. The molecule has 9 heteroatoms. The fraction of sp³-hybridized carbons (Fsp3) is 0.600. The summed E-state index contributed by atoms with van der Waals surface area (Å²) in [5.74, 6) is 0.352. The van der Waals surface area contributed by atoms with E-state index in [1.165, 1.54) is 0 Å². The monoisotopic (exact) mass is 538 g/mol. The number of aliphatic imine (C=N–C) groups is 1. The molecule has 0 saturated carbocycles. The van der Waals surface area contributed by atoms with Crippen molar-refractivity contribution in [2.75, 3.05) is 25.9 Å². The summed E-state index contributed by atoms with van der Waals surface area (Å²) in [4.78, 5) is 18.7. The molecule has 0 spiro atoms. The van der Waals surface area contributed by atoms with Gasteiger partial charge in [0.2, 0.25) is 5.91 Å². The van der Waals surface area contributed by atoms with Gasteiger partial charge in [-0.25, -0.2) is 8.42 Å². The second-order valence-corrected chi connectivity index (χ2v) is 9.83. The number of rotatable bonds is 8. The standard InChI is InChI=1S/C20H34N4O3S.HI/c1-7-16(15-28(26,27)17-12-10-9-11-13-17)22-19(21-8-2)24(6)14-18(25)23-20(3,4)5;/h9-13,16H,7-8,14-15H2,1-6H3,(H,21,22)(H,23,25);1H. The molecule has 1 rings (SSSR count). The summed E-state index contributed by atoms with van der Waals surface area (Å²) in [6, 6.07) is 8.11. The minimum absolute atomic E-state index is 0. The minimum Gasteiger partial charge on any atom is -0.352 e. The molecular formula is C20H35IN4O3S. The Kier molecular flexibility index (Phi) is 11.8. The zero-order chi connectivity index (χ0) is 21.4. The van der Waals surface area contributed by atoms with E-state index in [4.69, 9.17) is 0 Å². The van der Waals surface area contributed by atoms with Gasteiger partial charge in [0, 0.05) is 25.2 Å². The number of carbonyl (C=O) groups excluding carboxylic acids is 1. The first-order valence-corrected chi connectivity index (χ1v) is 11.2. The Labute approximate surface area is 192 Å². The molecule has 0 heterocycles. The number of sulfone groups is 1. The fourth-order valence-electron chi connectivity index (χ4n) is 2.61. The van der Waals surface area contributed by atoms with Crippen molar-refractivity contribution in [2.24, 2.45) is 4.99 Å². The van der Waals surface area contributed by atoms with E-state index in [1.807, 2.05) is 34.6 Å². The van der Waals surface area contributed by atoms with Crippen molar-refractivity contribution in [2.45, 2.75) is 57.5 Å². The quantitative estimate of drug-likeness (QED) is 0.302. The number of guanidine groups is 1. The van der Waals surface area contributed by atoms with Crippen LogP contribution in [-0.2, 0) is 14.6 Å². The highest BCUT2D eigenvalue weighted by Gasteiger charge is 2.23. The summed E-state index contributed by atoms with van der Waals surface area (Å²) in [5, 5.41) is 6.13. The number of amides is 1. The molecule has 0 aliphatic carbocycles. The summed E-state index contributed by atoms with van der Waals surface area (Å²) < 4.78 is 25.4. The van der Waals surface area contributed by atoms with Crippen LogP contribution in [0, 0.1) is 0 Å². The zero-order valence-corrected chi connectivity index (χ0v) is 21.4. The zero-order valence-electron chi connectivity index (χ0n) is 18.2. The number of benzene rings is 1. The molecular weight excluding hydrogens is 503 g/mol. The lowest BCUT2D eigenvalue weighted by Crippen LogP contribution is -2.51. The molecule has 0 fully saturated rings. The van der Waals surface area contributed by atoms with Gasteiger partial charge in [-0.15, -0.1) is 24.0 Å². The average molecular weight is 538 g/mol. The van der Waals surface area contributed by atoms with Gasteiger partial charge in [0.25, 0.3) is 0 Å². The molecule has 1 aromatic carbocycles. The van der Waals surface area contributed by atoms with Gasteiger partial charge in [0.1, 0.15) is 0 Å². The molecule has 1 aromatic rings. The van der Waals surface area contributed by atoms with Gasteiger partial charge < -0.3 is 15.5 Å². The van der Waals surface area contributed by atoms with E-state index in [9.17, 15) is 13.2 Å². The van der Waals surface area contributed by atoms with E-state index in [0.717, 1.165) is 0 Å². The van der Waals surface area contributed by atoms with Crippen molar-refractivity contribution in [3.05, 3.63) is 30.3 Å². The Morgan fingerprint density at radius 1 is 1.17 bits per heavy atom. The van der Waals surface area contributed by atoms with Gasteiger partial charge in [-0.05, 0) is 46.2 Å². The number of nitrogens with zero attached hydrogens (tertiary/aromatic N) is 2. The van der Waals surface area contributed by atoms with Gasteiger partial charge in [0.15, 0.2) is 15.8 Å². The molecule has 0 aliphatic rings. The highest BCUT2D eigenvalue weighted by Crippen LogP contribution is 2.12. The van der Waals surface area contributed by atoms with Gasteiger partial charge in [-0.2, -0.15) is 0 Å². The van der Waals surface area contributed by atoms with Crippen molar-refractivity contribution in [3.63, 3.8) is 0 Å². The topological polar surface area (TPSA) is 90.9 Å². The van der Waals surface area contributed by atoms with Crippen LogP contribution in [0.25, 0.3) is 0 Å². The fourth-order valence-corrected chi connectivity index (χ4v) is 4.22. The van der Waals surface area contributed by atoms with Gasteiger partial charge in [0.05, 0.1) is 17.2 Å². The highest BCUT2D eigenvalue weighted by atomic mass is 127. The molecule has 166 valence electrons. The van der Waals surface area contributed by atoms with Crippen LogP contribution >= 0.6 is 24.0 Å². The molecule has 29 heavy (non-hydrogen) atoms. The average Bonchev–Trinajstić information content (AvgIpc) is 2.59. The lowest BCUT2D eigenvalue weighted by atomic mass is 10.1. The normalized spacial score (nSPS) is 13.2. The number of carbonyl (C=O) groups is 1. The third kappa shape index (κ3) is 10.3. The Balaban J connectivity index is 0.00000784. The van der Waals surface area contributed by atoms with E-state index in [-0.39, 0.29) is 53.8 Å². The predicted octanol–water partition coefficient (Wildman–Crippen LogP) is 2.67. The largest absolute Gasteiger partial charge is 0.352 e. The van der Waals surface area contributed by atoms with Crippen LogP contribution in [0.5, 0.6) is 0 Å². The molecule has 1 unspecified atom stereocenters. The SMILES string of the molecule is CCN=C(NC(CC)CS(=O)(=O)c1ccccc1)N(C)CC(=O)NC(C)(C)C.I. The summed E-state index contributed by atoms with van der Waals surface area (Å²) in [7, 11) is -1.65. The third-order valence-corrected chi connectivity index (χ3v) is 5.75. The van der Waals surface area contributed by atoms with Crippen LogP contribution in [0.1, 0.15) is 41.0 Å². The first-order valence-electron chi connectivity index (χ1n) is 9.59. The lowest BCUT2D eigenvalue weighted by Gasteiger charge is -2.28. The number of halogens is 1. The van der Waals surface area contributed by atoms with Gasteiger partial charge >= 0.3 is 0 Å². The predicted molar refractivity (Wildman–Crippen MR) is 130 cm³/mol. The number of hydrogen-bond acceptors (Lipinski definition) is 4. The maximum absolute atomic E-state index is 12.7. The Hall–Kier alpha value is -1.36. The van der Waals surface area contributed by atoms with E-state index in [1.54, 1.807) is 42.3 Å². The molecule has 0 saturated heterocycles. The molecule has 0 radical (unpaired) electrons. The van der Waals surface area contributed by atoms with Crippen molar-refractivity contribution >= 4 is 45.7 Å². The van der Waals surface area contributed by atoms with E-state index >= 15 is 0 Å². The maximum Gasteiger partial charge on any atom is 0.240 e. The van der Waals surface area contributed by atoms with Crippen LogP contribution in [0.15, 0.2) is 40.2 Å². The summed E-state index contributed by atoms with van der Waals surface area (Å²) in [6.45, 7) is 10.2. The van der Waals surface area contributed by atoms with E-state index in [0.29, 0.717) is 23.8 Å². The molecule has 0 aliphatic heterocycles. The van der Waals surface area contributed by atoms with Crippen molar-refractivity contribution in [1.29, 1.82) is 0 Å². The molecule has 7 nitrogen and oxygen atoms in total.